The second-order valence-corrected chi connectivity index (χ2v) is 12.3. The predicted molar refractivity (Wildman–Crippen MR) is 198 cm³/mol. The average molecular weight is 637 g/mol. The van der Waals surface area contributed by atoms with Crippen molar-refractivity contribution in [2.75, 3.05) is 0 Å². The maximum absolute atomic E-state index is 14.3. The van der Waals surface area contributed by atoms with Gasteiger partial charge in [-0.25, -0.2) is 9.97 Å². The standard InChI is InChI=1S/C43H32N4O2/c1-28-13-9-11-19-38(28)46-40(32-15-5-3-6-16-32)44-36-23-21-30(26-34(36)42(46)48)25-31-22-24-37-35(27-31)43(49)47(39-20-12-10-14-29(39)2)41(45-37)33-17-7-4-8-18-33/h3-24,26-27H,25H2,1-2H3. The Morgan fingerprint density at radius 3 is 1.27 bits per heavy atom. The topological polar surface area (TPSA) is 69.8 Å². The minimum Gasteiger partial charge on any atom is -0.268 e. The molecule has 2 heterocycles. The van der Waals surface area contributed by atoms with Gasteiger partial charge in [0.1, 0.15) is 11.6 Å². The molecule has 0 fully saturated rings. The van der Waals surface area contributed by atoms with Gasteiger partial charge in [-0.15, -0.1) is 0 Å². The Kier molecular flexibility index (Phi) is 7.54. The molecule has 49 heavy (non-hydrogen) atoms. The molecular weight excluding hydrogens is 604 g/mol. The molecule has 6 aromatic carbocycles. The molecule has 6 heteroatoms. The molecule has 0 saturated carbocycles. The Hall–Kier alpha value is -6.40. The summed E-state index contributed by atoms with van der Waals surface area (Å²) in [5.41, 5.74) is 8.20. The Morgan fingerprint density at radius 2 is 0.857 bits per heavy atom. The Balaban J connectivity index is 1.26. The van der Waals surface area contributed by atoms with Crippen LogP contribution in [0, 0.1) is 13.8 Å². The summed E-state index contributed by atoms with van der Waals surface area (Å²) in [6.07, 6.45) is 0.528. The highest BCUT2D eigenvalue weighted by Crippen LogP contribution is 2.27. The quantitative estimate of drug-likeness (QED) is 0.183. The first-order chi connectivity index (χ1) is 24.0. The van der Waals surface area contributed by atoms with Crippen LogP contribution < -0.4 is 11.1 Å². The third-order valence-electron chi connectivity index (χ3n) is 9.05. The highest BCUT2D eigenvalue weighted by molar-refractivity contribution is 5.83. The van der Waals surface area contributed by atoms with E-state index >= 15 is 0 Å². The van der Waals surface area contributed by atoms with E-state index in [1.54, 1.807) is 9.13 Å². The predicted octanol–water partition coefficient (Wildman–Crippen LogP) is 8.63. The first-order valence-corrected chi connectivity index (χ1v) is 16.3. The van der Waals surface area contributed by atoms with Crippen molar-refractivity contribution in [3.8, 4) is 34.2 Å². The summed E-state index contributed by atoms with van der Waals surface area (Å²) in [6.45, 7) is 4.00. The molecule has 0 aliphatic rings. The van der Waals surface area contributed by atoms with E-state index in [1.165, 1.54) is 0 Å². The number of hydrogen-bond acceptors (Lipinski definition) is 4. The minimum absolute atomic E-state index is 0.128. The van der Waals surface area contributed by atoms with Crippen molar-refractivity contribution in [2.45, 2.75) is 20.3 Å². The van der Waals surface area contributed by atoms with Crippen LogP contribution in [0.25, 0.3) is 56.0 Å². The lowest BCUT2D eigenvalue weighted by Crippen LogP contribution is -2.23. The summed E-state index contributed by atoms with van der Waals surface area (Å²) in [5.74, 6) is 1.20. The number of aromatic nitrogens is 4. The summed E-state index contributed by atoms with van der Waals surface area (Å²) in [6, 6.07) is 47.1. The molecule has 0 bridgehead atoms. The lowest BCUT2D eigenvalue weighted by molar-refractivity contribution is 0.963. The van der Waals surface area contributed by atoms with E-state index in [0.717, 1.165) is 44.8 Å². The van der Waals surface area contributed by atoms with Crippen LogP contribution in [-0.2, 0) is 6.42 Å². The first-order valence-electron chi connectivity index (χ1n) is 16.3. The molecule has 0 aliphatic carbocycles. The van der Waals surface area contributed by atoms with Gasteiger partial charge in [-0.3, -0.25) is 18.7 Å². The van der Waals surface area contributed by atoms with E-state index in [4.69, 9.17) is 9.97 Å². The van der Waals surface area contributed by atoms with Gasteiger partial charge >= 0.3 is 0 Å². The molecule has 0 amide bonds. The van der Waals surface area contributed by atoms with Crippen LogP contribution in [0.1, 0.15) is 22.3 Å². The minimum atomic E-state index is -0.128. The molecule has 0 spiro atoms. The molecule has 0 aliphatic heterocycles. The molecule has 8 aromatic rings. The fourth-order valence-corrected chi connectivity index (χ4v) is 6.56. The van der Waals surface area contributed by atoms with Crippen molar-refractivity contribution in [2.24, 2.45) is 0 Å². The van der Waals surface area contributed by atoms with Crippen molar-refractivity contribution in [1.82, 2.24) is 19.1 Å². The summed E-state index contributed by atoms with van der Waals surface area (Å²) in [4.78, 5) is 38.7. The third-order valence-corrected chi connectivity index (χ3v) is 9.05. The molecule has 0 N–H and O–H groups in total. The van der Waals surface area contributed by atoms with Crippen LogP contribution in [0.15, 0.2) is 155 Å². The largest absolute Gasteiger partial charge is 0.268 e. The van der Waals surface area contributed by atoms with E-state index in [2.05, 4.69) is 0 Å². The highest BCUT2D eigenvalue weighted by Gasteiger charge is 2.18. The van der Waals surface area contributed by atoms with Crippen LogP contribution >= 0.6 is 0 Å². The van der Waals surface area contributed by atoms with Crippen molar-refractivity contribution in [1.29, 1.82) is 0 Å². The zero-order valence-corrected chi connectivity index (χ0v) is 27.2. The van der Waals surface area contributed by atoms with Crippen LogP contribution in [0.3, 0.4) is 0 Å². The van der Waals surface area contributed by atoms with Crippen molar-refractivity contribution in [3.05, 3.63) is 189 Å². The molecule has 0 atom stereocenters. The fourth-order valence-electron chi connectivity index (χ4n) is 6.56. The maximum atomic E-state index is 14.3. The number of nitrogens with zero attached hydrogens (tertiary/aromatic N) is 4. The average Bonchev–Trinajstić information content (AvgIpc) is 3.13. The summed E-state index contributed by atoms with van der Waals surface area (Å²) in [7, 11) is 0. The smallest absolute Gasteiger partial charge is 0.266 e. The van der Waals surface area contributed by atoms with Gasteiger partial charge in [-0.05, 0) is 78.9 Å². The van der Waals surface area contributed by atoms with Crippen LogP contribution in [0.5, 0.6) is 0 Å². The molecule has 0 unspecified atom stereocenters. The molecule has 8 rings (SSSR count). The van der Waals surface area contributed by atoms with Crippen molar-refractivity contribution < 1.29 is 0 Å². The maximum Gasteiger partial charge on any atom is 0.266 e. The zero-order valence-electron chi connectivity index (χ0n) is 27.2. The number of rotatable bonds is 6. The normalized spacial score (nSPS) is 11.3. The second-order valence-electron chi connectivity index (χ2n) is 12.3. The summed E-state index contributed by atoms with van der Waals surface area (Å²) < 4.78 is 3.44. The molecule has 236 valence electrons. The number of hydrogen-bond donors (Lipinski definition) is 0. The van der Waals surface area contributed by atoms with Gasteiger partial charge < -0.3 is 0 Å². The fraction of sp³-hybridized carbons (Fsp3) is 0.0698. The van der Waals surface area contributed by atoms with Gasteiger partial charge in [0.2, 0.25) is 0 Å². The first kappa shape index (κ1) is 30.0. The third kappa shape index (κ3) is 5.43. The number of benzene rings is 6. The van der Waals surface area contributed by atoms with Gasteiger partial charge in [-0.2, -0.15) is 0 Å². The van der Waals surface area contributed by atoms with Crippen LogP contribution in [0.4, 0.5) is 0 Å². The Labute approximate surface area is 283 Å². The SMILES string of the molecule is Cc1ccccc1-n1c(-c2ccccc2)nc2ccc(Cc3ccc4nc(-c5ccccc5)n(-c5ccccc5C)c(=O)c4c3)cc2c1=O. The van der Waals surface area contributed by atoms with Gasteiger partial charge in [0.25, 0.3) is 11.1 Å². The van der Waals surface area contributed by atoms with E-state index in [9.17, 15) is 9.59 Å². The lowest BCUT2D eigenvalue weighted by atomic mass is 10.0. The van der Waals surface area contributed by atoms with E-state index in [0.29, 0.717) is 39.9 Å². The Morgan fingerprint density at radius 1 is 0.469 bits per heavy atom. The van der Waals surface area contributed by atoms with E-state index < -0.39 is 0 Å². The molecule has 0 saturated heterocycles. The lowest BCUT2D eigenvalue weighted by Gasteiger charge is -2.16. The molecule has 2 aromatic heterocycles. The van der Waals surface area contributed by atoms with Gasteiger partial charge in [0, 0.05) is 11.1 Å². The second kappa shape index (κ2) is 12.3. The van der Waals surface area contributed by atoms with E-state index in [-0.39, 0.29) is 11.1 Å². The van der Waals surface area contributed by atoms with Gasteiger partial charge in [0.05, 0.1) is 33.2 Å². The monoisotopic (exact) mass is 636 g/mol. The molecule has 6 nitrogen and oxygen atoms in total. The van der Waals surface area contributed by atoms with Crippen molar-refractivity contribution in [3.63, 3.8) is 0 Å². The number of fused-ring (bicyclic) bond motifs is 2. The van der Waals surface area contributed by atoms with Crippen LogP contribution in [-0.4, -0.2) is 19.1 Å². The Bertz CT molecular complexity index is 2460. The van der Waals surface area contributed by atoms with Gasteiger partial charge in [0.15, 0.2) is 0 Å². The molecular formula is C43H32N4O2. The van der Waals surface area contributed by atoms with Crippen LogP contribution in [0.2, 0.25) is 0 Å². The number of aryl methyl sites for hydroxylation is 2. The van der Waals surface area contributed by atoms with Gasteiger partial charge in [-0.1, -0.05) is 109 Å². The highest BCUT2D eigenvalue weighted by atomic mass is 16.1. The van der Waals surface area contributed by atoms with Crippen molar-refractivity contribution >= 4 is 21.8 Å². The number of para-hydroxylation sites is 2. The van der Waals surface area contributed by atoms with E-state index in [1.807, 2.05) is 159 Å². The summed E-state index contributed by atoms with van der Waals surface area (Å²) in [5, 5.41) is 1.08. The zero-order chi connectivity index (χ0) is 33.5. The molecule has 0 radical (unpaired) electrons. The summed E-state index contributed by atoms with van der Waals surface area (Å²) >= 11 is 0.